The minimum Gasteiger partial charge on any atom is -0.462 e. The van der Waals surface area contributed by atoms with Crippen molar-refractivity contribution in [3.05, 3.63) is 34.4 Å². The molecule has 0 aliphatic heterocycles. The Morgan fingerprint density at radius 1 is 1.50 bits per heavy atom. The van der Waals surface area contributed by atoms with Crippen LogP contribution >= 0.6 is 11.3 Å². The largest absolute Gasteiger partial charge is 0.462 e. The van der Waals surface area contributed by atoms with Crippen molar-refractivity contribution in [3.8, 4) is 0 Å². The van der Waals surface area contributed by atoms with Crippen LogP contribution in [-0.2, 0) is 11.3 Å². The number of rotatable bonds is 5. The number of carbonyl (C=O) groups is 1. The van der Waals surface area contributed by atoms with Crippen LogP contribution in [0.15, 0.2) is 23.2 Å². The quantitative estimate of drug-likeness (QED) is 0.848. The van der Waals surface area contributed by atoms with E-state index in [2.05, 4.69) is 9.97 Å². The Labute approximate surface area is 121 Å². The zero-order valence-corrected chi connectivity index (χ0v) is 12.2. The summed E-state index contributed by atoms with van der Waals surface area (Å²) in [7, 11) is 1.85. The Hall–Kier alpha value is -2.15. The van der Waals surface area contributed by atoms with Crippen molar-refractivity contribution >= 4 is 28.8 Å². The predicted octanol–water partition coefficient (Wildman–Crippen LogP) is 1.93. The van der Waals surface area contributed by atoms with Crippen molar-refractivity contribution in [2.45, 2.75) is 13.5 Å². The molecule has 0 saturated heterocycles. The first-order valence-corrected chi connectivity index (χ1v) is 7.07. The molecule has 0 aliphatic rings. The van der Waals surface area contributed by atoms with Crippen molar-refractivity contribution in [2.75, 3.05) is 24.3 Å². The van der Waals surface area contributed by atoms with Crippen LogP contribution in [0.1, 0.15) is 23.0 Å². The number of nitrogens with zero attached hydrogens (tertiary/aromatic N) is 3. The van der Waals surface area contributed by atoms with Gasteiger partial charge in [0.1, 0.15) is 11.4 Å². The Bertz CT molecular complexity index is 586. The van der Waals surface area contributed by atoms with E-state index in [1.807, 2.05) is 17.3 Å². The van der Waals surface area contributed by atoms with E-state index in [1.165, 1.54) is 17.5 Å². The maximum Gasteiger partial charge on any atom is 0.341 e. The van der Waals surface area contributed by atoms with E-state index in [0.717, 1.165) is 5.69 Å². The molecule has 0 radical (unpaired) electrons. The molecule has 6 nitrogen and oxygen atoms in total. The number of esters is 1. The fraction of sp³-hybridized carbons (Fsp3) is 0.308. The van der Waals surface area contributed by atoms with Crippen LogP contribution in [0.2, 0.25) is 0 Å². The second-order valence-corrected chi connectivity index (χ2v) is 4.91. The molecule has 7 heteroatoms. The number of carbonyl (C=O) groups excluding carboxylic acids is 1. The number of ether oxygens (including phenoxy) is 1. The van der Waals surface area contributed by atoms with Gasteiger partial charge in [0.05, 0.1) is 36.2 Å². The lowest BCUT2D eigenvalue weighted by Crippen LogP contribution is -2.22. The molecule has 0 spiro atoms. The number of thiazole rings is 1. The van der Waals surface area contributed by atoms with Crippen LogP contribution in [0.4, 0.5) is 11.5 Å². The number of hydrogen-bond acceptors (Lipinski definition) is 7. The first-order valence-electron chi connectivity index (χ1n) is 6.12. The van der Waals surface area contributed by atoms with Crippen LogP contribution < -0.4 is 10.6 Å². The minimum absolute atomic E-state index is 0.308. The lowest BCUT2D eigenvalue weighted by Gasteiger charge is -2.19. The first-order chi connectivity index (χ1) is 9.61. The summed E-state index contributed by atoms with van der Waals surface area (Å²) >= 11 is 1.53. The van der Waals surface area contributed by atoms with Crippen LogP contribution in [0.3, 0.4) is 0 Å². The maximum absolute atomic E-state index is 12.0. The number of nitrogen functional groups attached to an aromatic ring is 1. The molecule has 2 aromatic rings. The predicted molar refractivity (Wildman–Crippen MR) is 78.8 cm³/mol. The van der Waals surface area contributed by atoms with E-state index in [-0.39, 0.29) is 0 Å². The van der Waals surface area contributed by atoms with Gasteiger partial charge in [0.2, 0.25) is 0 Å². The van der Waals surface area contributed by atoms with Crippen molar-refractivity contribution < 1.29 is 9.53 Å². The summed E-state index contributed by atoms with van der Waals surface area (Å²) in [6, 6.07) is 1.58. The van der Waals surface area contributed by atoms with Gasteiger partial charge >= 0.3 is 5.97 Å². The van der Waals surface area contributed by atoms with Crippen molar-refractivity contribution in [2.24, 2.45) is 0 Å². The lowest BCUT2D eigenvalue weighted by atomic mass is 10.2. The molecule has 0 aliphatic carbocycles. The van der Waals surface area contributed by atoms with Gasteiger partial charge in [-0.1, -0.05) is 0 Å². The first kappa shape index (κ1) is 14.3. The second-order valence-electron chi connectivity index (χ2n) is 4.20. The highest BCUT2D eigenvalue weighted by Crippen LogP contribution is 2.21. The Morgan fingerprint density at radius 2 is 2.30 bits per heavy atom. The molecular formula is C13H16N4O2S. The zero-order chi connectivity index (χ0) is 14.5. The highest BCUT2D eigenvalue weighted by Gasteiger charge is 2.18. The average Bonchev–Trinajstić information content (AvgIpc) is 2.91. The van der Waals surface area contributed by atoms with Crippen molar-refractivity contribution in [1.29, 1.82) is 0 Å². The molecule has 2 N–H and O–H groups in total. The number of hydrogen-bond donors (Lipinski definition) is 1. The number of aromatic nitrogens is 2. The van der Waals surface area contributed by atoms with E-state index in [1.54, 1.807) is 18.5 Å². The number of pyridine rings is 1. The molecule has 2 heterocycles. The van der Waals surface area contributed by atoms with Crippen LogP contribution in [0, 0.1) is 0 Å². The molecular weight excluding hydrogens is 276 g/mol. The molecule has 0 amide bonds. The fourth-order valence-corrected chi connectivity index (χ4v) is 2.32. The standard InChI is InChI=1S/C13H16N4O2S/c1-3-19-13(18)11-4-9(14)5-15-12(11)17(2)6-10-7-20-8-16-10/h4-5,7-8H,3,6,14H2,1-2H3. The van der Waals surface area contributed by atoms with E-state index >= 15 is 0 Å². The van der Waals surface area contributed by atoms with Crippen LogP contribution in [0.5, 0.6) is 0 Å². The Balaban J connectivity index is 2.27. The molecule has 0 bridgehead atoms. The van der Waals surface area contributed by atoms with E-state index in [9.17, 15) is 4.79 Å². The molecule has 106 valence electrons. The van der Waals surface area contributed by atoms with Crippen LogP contribution in [-0.4, -0.2) is 29.6 Å². The molecule has 0 fully saturated rings. The fourth-order valence-electron chi connectivity index (χ4n) is 1.77. The van der Waals surface area contributed by atoms with Gasteiger partial charge < -0.3 is 15.4 Å². The summed E-state index contributed by atoms with van der Waals surface area (Å²) < 4.78 is 5.03. The van der Waals surface area contributed by atoms with Crippen LogP contribution in [0.25, 0.3) is 0 Å². The van der Waals surface area contributed by atoms with Gasteiger partial charge in [-0.3, -0.25) is 0 Å². The van der Waals surface area contributed by atoms with Crippen molar-refractivity contribution in [3.63, 3.8) is 0 Å². The smallest absolute Gasteiger partial charge is 0.341 e. The van der Waals surface area contributed by atoms with Gasteiger partial charge in [-0.05, 0) is 13.0 Å². The summed E-state index contributed by atoms with van der Waals surface area (Å²) in [6.07, 6.45) is 1.52. The summed E-state index contributed by atoms with van der Waals surface area (Å²) in [4.78, 5) is 22.3. The summed E-state index contributed by atoms with van der Waals surface area (Å²) in [5.74, 6) is 0.109. The van der Waals surface area contributed by atoms with Crippen molar-refractivity contribution in [1.82, 2.24) is 9.97 Å². The van der Waals surface area contributed by atoms with Gasteiger partial charge in [-0.15, -0.1) is 11.3 Å². The van der Waals surface area contributed by atoms with Gasteiger partial charge in [-0.25, -0.2) is 14.8 Å². The van der Waals surface area contributed by atoms with E-state index in [0.29, 0.717) is 30.2 Å². The SMILES string of the molecule is CCOC(=O)c1cc(N)cnc1N(C)Cc1cscn1. The highest BCUT2D eigenvalue weighted by atomic mass is 32.1. The molecule has 0 atom stereocenters. The van der Waals surface area contributed by atoms with Gasteiger partial charge in [0.25, 0.3) is 0 Å². The Kier molecular flexibility index (Phi) is 4.52. The molecule has 0 unspecified atom stereocenters. The third-order valence-corrected chi connectivity index (χ3v) is 3.26. The van der Waals surface area contributed by atoms with Gasteiger partial charge in [-0.2, -0.15) is 0 Å². The van der Waals surface area contributed by atoms with Gasteiger partial charge in [0, 0.05) is 12.4 Å². The zero-order valence-electron chi connectivity index (χ0n) is 11.4. The third kappa shape index (κ3) is 3.24. The third-order valence-electron chi connectivity index (χ3n) is 2.63. The van der Waals surface area contributed by atoms with E-state index < -0.39 is 5.97 Å². The Morgan fingerprint density at radius 3 is 2.95 bits per heavy atom. The normalized spacial score (nSPS) is 10.3. The molecule has 0 saturated carbocycles. The molecule has 2 rings (SSSR count). The summed E-state index contributed by atoms with van der Waals surface area (Å²) in [6.45, 7) is 2.63. The highest BCUT2D eigenvalue weighted by molar-refractivity contribution is 7.07. The number of nitrogens with two attached hydrogens (primary N) is 1. The summed E-state index contributed by atoms with van der Waals surface area (Å²) in [5, 5.41) is 1.96. The number of anilines is 2. The topological polar surface area (TPSA) is 81.3 Å². The van der Waals surface area contributed by atoms with E-state index in [4.69, 9.17) is 10.5 Å². The van der Waals surface area contributed by atoms with Gasteiger partial charge in [0.15, 0.2) is 0 Å². The average molecular weight is 292 g/mol. The molecule has 20 heavy (non-hydrogen) atoms. The maximum atomic E-state index is 12.0. The minimum atomic E-state index is -0.424. The molecule has 2 aromatic heterocycles. The lowest BCUT2D eigenvalue weighted by molar-refractivity contribution is 0.0526. The monoisotopic (exact) mass is 292 g/mol. The summed E-state index contributed by atoms with van der Waals surface area (Å²) in [5.41, 5.74) is 9.18. The second kappa shape index (κ2) is 6.33. The molecule has 0 aromatic carbocycles.